The molecule has 4 heteroatoms. The third-order valence-corrected chi connectivity index (χ3v) is 2.13. The number of rotatable bonds is 1. The van der Waals surface area contributed by atoms with Gasteiger partial charge in [0, 0.05) is 10.0 Å². The van der Waals surface area contributed by atoms with E-state index < -0.39 is 5.97 Å². The number of benzene rings is 1. The number of hydrogen-bond donors (Lipinski definition) is 1. The molecule has 0 aliphatic rings. The molecule has 0 saturated heterocycles. The largest absolute Gasteiger partial charge is 0.478 e. The number of carboxylic acid groups (broad SMARTS) is 1. The van der Waals surface area contributed by atoms with Gasteiger partial charge in [-0.2, -0.15) is 0 Å². The Hall–Kier alpha value is -0.980. The Kier molecular flexibility index (Phi) is 3.99. The van der Waals surface area contributed by atoms with Gasteiger partial charge in [-0.05, 0) is 18.2 Å². The summed E-state index contributed by atoms with van der Waals surface area (Å²) >= 11 is 8.63. The maximum Gasteiger partial charge on any atom is 0.336 e. The van der Waals surface area contributed by atoms with Crippen molar-refractivity contribution in [3.63, 3.8) is 0 Å². The molecule has 2 nitrogen and oxygen atoms in total. The molecule has 0 amide bonds. The normalized spacial score (nSPS) is 9.00. The zero-order valence-electron chi connectivity index (χ0n) is 7.05. The van der Waals surface area contributed by atoms with Crippen LogP contribution in [0.15, 0.2) is 22.7 Å². The van der Waals surface area contributed by atoms with Gasteiger partial charge in [0.15, 0.2) is 0 Å². The van der Waals surface area contributed by atoms with Crippen molar-refractivity contribution in [3.05, 3.63) is 33.8 Å². The second-order valence-corrected chi connectivity index (χ2v) is 3.61. The van der Waals surface area contributed by atoms with Crippen LogP contribution in [-0.4, -0.2) is 17.0 Å². The highest BCUT2D eigenvalue weighted by Gasteiger charge is 2.07. The lowest BCUT2D eigenvalue weighted by molar-refractivity contribution is 0.0696. The monoisotopic (exact) mass is 272 g/mol. The van der Waals surface area contributed by atoms with E-state index in [4.69, 9.17) is 16.7 Å². The zero-order chi connectivity index (χ0) is 10.6. The van der Waals surface area contributed by atoms with Crippen molar-refractivity contribution in [1.29, 1.82) is 0 Å². The van der Waals surface area contributed by atoms with E-state index in [9.17, 15) is 4.79 Å². The summed E-state index contributed by atoms with van der Waals surface area (Å²) in [5.74, 6) is 4.51. The van der Waals surface area contributed by atoms with Crippen LogP contribution in [0.4, 0.5) is 0 Å². The summed E-state index contributed by atoms with van der Waals surface area (Å²) in [6.07, 6.45) is 0. The quantitative estimate of drug-likeness (QED) is 0.631. The SMILES string of the molecule is O=C(O)c1ccc(Br)cc1C#CCCl. The van der Waals surface area contributed by atoms with Crippen LogP contribution >= 0.6 is 27.5 Å². The van der Waals surface area contributed by atoms with Gasteiger partial charge in [0.2, 0.25) is 0 Å². The van der Waals surface area contributed by atoms with Crippen molar-refractivity contribution in [3.8, 4) is 11.8 Å². The van der Waals surface area contributed by atoms with Crippen molar-refractivity contribution in [2.24, 2.45) is 0 Å². The van der Waals surface area contributed by atoms with Crippen LogP contribution in [0.5, 0.6) is 0 Å². The minimum atomic E-state index is -0.989. The van der Waals surface area contributed by atoms with E-state index in [1.807, 2.05) is 0 Å². The predicted octanol–water partition coefficient (Wildman–Crippen LogP) is 2.74. The maximum absolute atomic E-state index is 10.8. The Labute approximate surface area is 95.0 Å². The average Bonchev–Trinajstić information content (AvgIpc) is 2.14. The Bertz CT molecular complexity index is 418. The second-order valence-electron chi connectivity index (χ2n) is 2.43. The molecule has 14 heavy (non-hydrogen) atoms. The number of hydrogen-bond acceptors (Lipinski definition) is 1. The van der Waals surface area contributed by atoms with Crippen LogP contribution in [0.25, 0.3) is 0 Å². The van der Waals surface area contributed by atoms with Crippen LogP contribution in [-0.2, 0) is 0 Å². The number of aromatic carboxylic acids is 1. The van der Waals surface area contributed by atoms with E-state index in [1.165, 1.54) is 6.07 Å². The molecule has 0 saturated carbocycles. The number of alkyl halides is 1. The van der Waals surface area contributed by atoms with E-state index in [1.54, 1.807) is 12.1 Å². The van der Waals surface area contributed by atoms with E-state index in [0.717, 1.165) is 4.47 Å². The number of carbonyl (C=O) groups is 1. The molecule has 0 bridgehead atoms. The molecule has 1 aromatic carbocycles. The van der Waals surface area contributed by atoms with Crippen LogP contribution in [0.3, 0.4) is 0 Å². The highest BCUT2D eigenvalue weighted by molar-refractivity contribution is 9.10. The third-order valence-electron chi connectivity index (χ3n) is 1.50. The van der Waals surface area contributed by atoms with Gasteiger partial charge in [-0.3, -0.25) is 0 Å². The summed E-state index contributed by atoms with van der Waals surface area (Å²) in [6.45, 7) is 0. The van der Waals surface area contributed by atoms with Crippen LogP contribution in [0.2, 0.25) is 0 Å². The topological polar surface area (TPSA) is 37.3 Å². The molecule has 0 aliphatic heterocycles. The molecule has 0 radical (unpaired) electrons. The predicted molar refractivity (Wildman–Crippen MR) is 58.7 cm³/mol. The Balaban J connectivity index is 3.22. The standard InChI is InChI=1S/C10H6BrClO2/c11-8-3-4-9(10(13)14)7(6-8)2-1-5-12/h3-4,6H,5H2,(H,13,14). The van der Waals surface area contributed by atoms with Crippen molar-refractivity contribution >= 4 is 33.5 Å². The average molecular weight is 274 g/mol. The molecule has 0 atom stereocenters. The summed E-state index contributed by atoms with van der Waals surface area (Å²) in [6, 6.07) is 4.82. The van der Waals surface area contributed by atoms with E-state index in [0.29, 0.717) is 5.56 Å². The first kappa shape index (κ1) is 11.1. The summed E-state index contributed by atoms with van der Waals surface area (Å²) in [5.41, 5.74) is 0.651. The summed E-state index contributed by atoms with van der Waals surface area (Å²) < 4.78 is 0.793. The van der Waals surface area contributed by atoms with E-state index in [-0.39, 0.29) is 11.4 Å². The van der Waals surface area contributed by atoms with E-state index >= 15 is 0 Å². The lowest BCUT2D eigenvalue weighted by atomic mass is 10.1. The summed E-state index contributed by atoms with van der Waals surface area (Å²) in [4.78, 5) is 10.8. The Morgan fingerprint density at radius 1 is 1.57 bits per heavy atom. The highest BCUT2D eigenvalue weighted by Crippen LogP contribution is 2.15. The molecule has 0 unspecified atom stereocenters. The summed E-state index contributed by atoms with van der Waals surface area (Å²) in [7, 11) is 0. The summed E-state index contributed by atoms with van der Waals surface area (Å²) in [5, 5.41) is 8.84. The molecule has 1 N–H and O–H groups in total. The fraction of sp³-hybridized carbons (Fsp3) is 0.100. The molecule has 72 valence electrons. The minimum Gasteiger partial charge on any atom is -0.478 e. The van der Waals surface area contributed by atoms with Gasteiger partial charge in [-0.1, -0.05) is 27.8 Å². The first-order valence-electron chi connectivity index (χ1n) is 3.73. The fourth-order valence-electron chi connectivity index (χ4n) is 0.935. The highest BCUT2D eigenvalue weighted by atomic mass is 79.9. The molecule has 0 heterocycles. The Morgan fingerprint density at radius 3 is 2.86 bits per heavy atom. The van der Waals surface area contributed by atoms with Crippen LogP contribution in [0, 0.1) is 11.8 Å². The lowest BCUT2D eigenvalue weighted by Gasteiger charge is -1.99. The van der Waals surface area contributed by atoms with Gasteiger partial charge >= 0.3 is 5.97 Å². The van der Waals surface area contributed by atoms with Crippen molar-refractivity contribution in [2.45, 2.75) is 0 Å². The molecular weight excluding hydrogens is 267 g/mol. The molecule has 1 aromatic rings. The number of carboxylic acids is 1. The molecule has 0 spiro atoms. The van der Waals surface area contributed by atoms with Crippen LogP contribution in [0.1, 0.15) is 15.9 Å². The van der Waals surface area contributed by atoms with Gasteiger partial charge < -0.3 is 5.11 Å². The van der Waals surface area contributed by atoms with Crippen molar-refractivity contribution < 1.29 is 9.90 Å². The minimum absolute atomic E-state index is 0.186. The molecule has 0 aromatic heterocycles. The van der Waals surface area contributed by atoms with E-state index in [2.05, 4.69) is 27.8 Å². The lowest BCUT2D eigenvalue weighted by Crippen LogP contribution is -1.99. The molecular formula is C10H6BrClO2. The fourth-order valence-corrected chi connectivity index (χ4v) is 1.36. The Morgan fingerprint density at radius 2 is 2.29 bits per heavy atom. The van der Waals surface area contributed by atoms with Crippen molar-refractivity contribution in [2.75, 3.05) is 5.88 Å². The van der Waals surface area contributed by atoms with Crippen LogP contribution < -0.4 is 0 Å². The van der Waals surface area contributed by atoms with Gasteiger partial charge in [0.05, 0.1) is 11.4 Å². The molecule has 0 fully saturated rings. The molecule has 0 aliphatic carbocycles. The maximum atomic E-state index is 10.8. The third kappa shape index (κ3) is 2.76. The van der Waals surface area contributed by atoms with Gasteiger partial charge in [0.1, 0.15) is 0 Å². The van der Waals surface area contributed by atoms with Gasteiger partial charge in [-0.15, -0.1) is 11.6 Å². The number of halogens is 2. The van der Waals surface area contributed by atoms with Gasteiger partial charge in [-0.25, -0.2) is 4.79 Å². The van der Waals surface area contributed by atoms with Gasteiger partial charge in [0.25, 0.3) is 0 Å². The molecule has 1 rings (SSSR count). The first-order valence-corrected chi connectivity index (χ1v) is 5.05. The zero-order valence-corrected chi connectivity index (χ0v) is 9.39. The second kappa shape index (κ2) is 5.04. The van der Waals surface area contributed by atoms with Crippen molar-refractivity contribution in [1.82, 2.24) is 0 Å². The first-order chi connectivity index (χ1) is 6.65. The smallest absolute Gasteiger partial charge is 0.336 e.